The minimum absolute atomic E-state index is 0.309. The van der Waals surface area contributed by atoms with E-state index in [4.69, 9.17) is 4.74 Å². The zero-order valence-electron chi connectivity index (χ0n) is 17.3. The zero-order chi connectivity index (χ0) is 19.8. The van der Waals surface area contributed by atoms with Gasteiger partial charge in [0.05, 0.1) is 6.54 Å². The first kappa shape index (κ1) is 21.3. The van der Waals surface area contributed by atoms with E-state index in [1.165, 1.54) is 37.7 Å². The van der Waals surface area contributed by atoms with Crippen LogP contribution < -0.4 is 4.74 Å². The van der Waals surface area contributed by atoms with Gasteiger partial charge in [-0.1, -0.05) is 49.8 Å². The number of hydrogen-bond acceptors (Lipinski definition) is 5. The van der Waals surface area contributed by atoms with Crippen molar-refractivity contribution in [1.29, 1.82) is 0 Å². The number of piperazine rings is 1. The maximum Gasteiger partial charge on any atom is 0.147 e. The van der Waals surface area contributed by atoms with Gasteiger partial charge in [0.1, 0.15) is 24.2 Å². The molecule has 3 rings (SSSR count). The van der Waals surface area contributed by atoms with E-state index in [0.717, 1.165) is 38.3 Å². The van der Waals surface area contributed by atoms with E-state index in [9.17, 15) is 9.90 Å². The van der Waals surface area contributed by atoms with Gasteiger partial charge in [0.15, 0.2) is 0 Å². The molecule has 1 heterocycles. The molecule has 0 unspecified atom stereocenters. The van der Waals surface area contributed by atoms with Crippen LogP contribution in [0.5, 0.6) is 5.75 Å². The molecule has 156 valence electrons. The van der Waals surface area contributed by atoms with Gasteiger partial charge in [-0.05, 0) is 25.0 Å². The Morgan fingerprint density at radius 2 is 1.71 bits per heavy atom. The molecular weight excluding hydrogens is 352 g/mol. The number of β-amino-alcohol motifs (C(OH)–C–C–N with tert-alkyl or cyclic N) is 1. The number of aryl methyl sites for hydroxylation is 1. The van der Waals surface area contributed by atoms with Crippen LogP contribution in [0.2, 0.25) is 0 Å². The second-order valence-corrected chi connectivity index (χ2v) is 8.60. The number of Topliss-reactive ketones (excluding diaryl/α,β-unsaturated/α-hetero) is 1. The van der Waals surface area contributed by atoms with Crippen molar-refractivity contribution in [2.24, 2.45) is 5.92 Å². The Balaban J connectivity index is 1.30. The summed E-state index contributed by atoms with van der Waals surface area (Å²) in [7, 11) is 0. The topological polar surface area (TPSA) is 53.0 Å². The van der Waals surface area contributed by atoms with E-state index in [1.807, 2.05) is 31.2 Å². The third kappa shape index (κ3) is 7.19. The fourth-order valence-corrected chi connectivity index (χ4v) is 4.33. The lowest BCUT2D eigenvalue weighted by Crippen LogP contribution is -2.50. The third-order valence-electron chi connectivity index (χ3n) is 6.04. The van der Waals surface area contributed by atoms with Crippen molar-refractivity contribution in [2.75, 3.05) is 45.9 Å². The van der Waals surface area contributed by atoms with Crippen LogP contribution in [-0.4, -0.2) is 72.7 Å². The smallest absolute Gasteiger partial charge is 0.147 e. The highest BCUT2D eigenvalue weighted by Crippen LogP contribution is 2.26. The maximum absolute atomic E-state index is 12.4. The number of carbonyl (C=O) groups is 1. The summed E-state index contributed by atoms with van der Waals surface area (Å²) in [5.74, 6) is 1.84. The third-order valence-corrected chi connectivity index (χ3v) is 6.04. The molecule has 0 amide bonds. The molecule has 5 heteroatoms. The predicted molar refractivity (Wildman–Crippen MR) is 112 cm³/mol. The number of nitrogens with zero attached hydrogens (tertiary/aromatic N) is 2. The Morgan fingerprint density at radius 3 is 2.39 bits per heavy atom. The first-order valence-electron chi connectivity index (χ1n) is 10.9. The van der Waals surface area contributed by atoms with Gasteiger partial charge in [0, 0.05) is 39.1 Å². The number of aliphatic hydroxyl groups excluding tert-OH is 1. The number of carbonyl (C=O) groups excluding carboxylic acids is 1. The van der Waals surface area contributed by atoms with E-state index in [1.54, 1.807) is 0 Å². The predicted octanol–water partition coefficient (Wildman–Crippen LogP) is 2.89. The standard InChI is InChI=1S/C23H36N2O3/c1-19-7-9-23(10-8-19)28-18-22(27)17-25-13-11-24(12-14-25)16-21(26)15-20-5-3-2-4-6-20/h7-10,20,22,27H,2-6,11-18H2,1H3/t22-/m1/s1. The molecule has 1 atom stereocenters. The fraction of sp³-hybridized carbons (Fsp3) is 0.696. The first-order chi connectivity index (χ1) is 13.6. The molecule has 1 aromatic carbocycles. The Morgan fingerprint density at radius 1 is 1.07 bits per heavy atom. The van der Waals surface area contributed by atoms with Crippen LogP contribution in [0.15, 0.2) is 24.3 Å². The summed E-state index contributed by atoms with van der Waals surface area (Å²) in [5.41, 5.74) is 1.20. The van der Waals surface area contributed by atoms with Crippen LogP contribution in [0, 0.1) is 12.8 Å². The molecule has 1 aromatic rings. The summed E-state index contributed by atoms with van der Waals surface area (Å²) in [4.78, 5) is 16.9. The number of hydrogen-bond donors (Lipinski definition) is 1. The minimum Gasteiger partial charge on any atom is -0.491 e. The van der Waals surface area contributed by atoms with E-state index in [2.05, 4.69) is 9.80 Å². The van der Waals surface area contributed by atoms with Gasteiger partial charge >= 0.3 is 0 Å². The fourth-order valence-electron chi connectivity index (χ4n) is 4.33. The van der Waals surface area contributed by atoms with Crippen LogP contribution in [0.3, 0.4) is 0 Å². The first-order valence-corrected chi connectivity index (χ1v) is 10.9. The SMILES string of the molecule is Cc1ccc(OC[C@H](O)CN2CCN(CC(=O)CC3CCCCC3)CC2)cc1. The van der Waals surface area contributed by atoms with Crippen molar-refractivity contribution in [2.45, 2.75) is 51.6 Å². The molecule has 1 N–H and O–H groups in total. The second kappa shape index (κ2) is 10.9. The average Bonchev–Trinajstić information content (AvgIpc) is 2.70. The summed E-state index contributed by atoms with van der Waals surface area (Å²) in [6.45, 7) is 7.19. The summed E-state index contributed by atoms with van der Waals surface area (Å²) >= 11 is 0. The largest absolute Gasteiger partial charge is 0.491 e. The molecule has 1 saturated heterocycles. The van der Waals surface area contributed by atoms with Crippen molar-refractivity contribution < 1.29 is 14.6 Å². The molecule has 0 radical (unpaired) electrons. The van der Waals surface area contributed by atoms with Gasteiger partial charge < -0.3 is 9.84 Å². The highest BCUT2D eigenvalue weighted by atomic mass is 16.5. The highest BCUT2D eigenvalue weighted by Gasteiger charge is 2.23. The number of ketones is 1. The average molecular weight is 389 g/mol. The highest BCUT2D eigenvalue weighted by molar-refractivity contribution is 5.80. The molecule has 1 aliphatic heterocycles. The molecule has 28 heavy (non-hydrogen) atoms. The normalized spacial score (nSPS) is 20.8. The van der Waals surface area contributed by atoms with Crippen molar-refractivity contribution in [3.8, 4) is 5.75 Å². The summed E-state index contributed by atoms with van der Waals surface area (Å²) in [6.07, 6.45) is 6.69. The molecule has 1 saturated carbocycles. The lowest BCUT2D eigenvalue weighted by Gasteiger charge is -2.35. The molecule has 0 spiro atoms. The molecule has 2 aliphatic rings. The van der Waals surface area contributed by atoms with E-state index in [-0.39, 0.29) is 0 Å². The summed E-state index contributed by atoms with van der Waals surface area (Å²) in [6, 6.07) is 7.89. The molecule has 5 nitrogen and oxygen atoms in total. The van der Waals surface area contributed by atoms with Crippen LogP contribution in [-0.2, 0) is 4.79 Å². The molecule has 2 fully saturated rings. The number of rotatable bonds is 9. The van der Waals surface area contributed by atoms with Gasteiger partial charge in [-0.25, -0.2) is 0 Å². The number of benzene rings is 1. The van der Waals surface area contributed by atoms with Crippen LogP contribution in [0.1, 0.15) is 44.1 Å². The summed E-state index contributed by atoms with van der Waals surface area (Å²) < 4.78 is 5.68. The van der Waals surface area contributed by atoms with Crippen LogP contribution in [0.4, 0.5) is 0 Å². The Hall–Kier alpha value is -1.43. The Kier molecular flexibility index (Phi) is 8.31. The van der Waals surface area contributed by atoms with Gasteiger partial charge in [0.25, 0.3) is 0 Å². The molecule has 0 aromatic heterocycles. The second-order valence-electron chi connectivity index (χ2n) is 8.60. The molecule has 1 aliphatic carbocycles. The van der Waals surface area contributed by atoms with Gasteiger partial charge in [-0.2, -0.15) is 0 Å². The monoisotopic (exact) mass is 388 g/mol. The van der Waals surface area contributed by atoms with E-state index in [0.29, 0.717) is 31.4 Å². The van der Waals surface area contributed by atoms with Gasteiger partial charge in [0.2, 0.25) is 0 Å². The van der Waals surface area contributed by atoms with Crippen molar-refractivity contribution in [1.82, 2.24) is 9.80 Å². The van der Waals surface area contributed by atoms with Gasteiger partial charge in [-0.3, -0.25) is 14.6 Å². The Labute approximate surface area is 169 Å². The quantitative estimate of drug-likeness (QED) is 0.705. The maximum atomic E-state index is 12.4. The van der Waals surface area contributed by atoms with Crippen molar-refractivity contribution in [3.63, 3.8) is 0 Å². The van der Waals surface area contributed by atoms with Crippen molar-refractivity contribution >= 4 is 5.78 Å². The lowest BCUT2D eigenvalue weighted by atomic mass is 9.86. The van der Waals surface area contributed by atoms with Crippen molar-refractivity contribution in [3.05, 3.63) is 29.8 Å². The van der Waals surface area contributed by atoms with Crippen LogP contribution in [0.25, 0.3) is 0 Å². The van der Waals surface area contributed by atoms with Crippen LogP contribution >= 0.6 is 0 Å². The van der Waals surface area contributed by atoms with Gasteiger partial charge in [-0.15, -0.1) is 0 Å². The minimum atomic E-state index is -0.499. The lowest BCUT2D eigenvalue weighted by molar-refractivity contribution is -0.121. The number of ether oxygens (including phenoxy) is 1. The van der Waals surface area contributed by atoms with E-state index >= 15 is 0 Å². The number of aliphatic hydroxyl groups is 1. The van der Waals surface area contributed by atoms with E-state index < -0.39 is 6.10 Å². The summed E-state index contributed by atoms with van der Waals surface area (Å²) in [5, 5.41) is 10.3. The molecular formula is C23H36N2O3. The zero-order valence-corrected chi connectivity index (χ0v) is 17.3. The molecule has 0 bridgehead atoms. The Bertz CT molecular complexity index is 590.